The summed E-state index contributed by atoms with van der Waals surface area (Å²) in [6.07, 6.45) is 0.528. The lowest BCUT2D eigenvalue weighted by Gasteiger charge is -2.14. The minimum Gasteiger partial charge on any atom is -0.485 e. The lowest BCUT2D eigenvalue weighted by atomic mass is 9.97. The van der Waals surface area contributed by atoms with Crippen LogP contribution in [0.25, 0.3) is 0 Å². The van der Waals surface area contributed by atoms with Crippen LogP contribution >= 0.6 is 0 Å². The average molecular weight is 327 g/mol. The van der Waals surface area contributed by atoms with Gasteiger partial charge < -0.3 is 15.4 Å². The van der Waals surface area contributed by atoms with Crippen LogP contribution in [0.15, 0.2) is 12.1 Å². The van der Waals surface area contributed by atoms with Gasteiger partial charge in [0.25, 0.3) is 0 Å². The monoisotopic (exact) mass is 327 g/mol. The third-order valence-corrected chi connectivity index (χ3v) is 4.13. The van der Waals surface area contributed by atoms with Gasteiger partial charge in [-0.3, -0.25) is 4.79 Å². The number of nitrogen functional groups attached to an aromatic ring is 1. The lowest BCUT2D eigenvalue weighted by Crippen LogP contribution is -2.17. The van der Waals surface area contributed by atoms with E-state index in [0.29, 0.717) is 29.5 Å². The quantitative estimate of drug-likeness (QED) is 0.919. The number of anilines is 2. The highest BCUT2D eigenvalue weighted by atomic mass is 16.5. The van der Waals surface area contributed by atoms with Crippen LogP contribution in [0.5, 0.6) is 5.75 Å². The molecule has 2 aromatic rings. The van der Waals surface area contributed by atoms with Crippen LogP contribution in [0.2, 0.25) is 0 Å². The molecule has 3 rings (SSSR count). The van der Waals surface area contributed by atoms with Gasteiger partial charge in [0, 0.05) is 20.5 Å². The Morgan fingerprint density at radius 1 is 1.29 bits per heavy atom. The molecule has 2 N–H and O–H groups in total. The number of aryl methyl sites for hydroxylation is 1. The zero-order valence-corrected chi connectivity index (χ0v) is 14.3. The summed E-state index contributed by atoms with van der Waals surface area (Å²) in [5, 5.41) is 0. The third-order valence-electron chi connectivity index (χ3n) is 4.13. The second kappa shape index (κ2) is 6.07. The van der Waals surface area contributed by atoms with Gasteiger partial charge in [-0.25, -0.2) is 0 Å². The molecule has 1 atom stereocenters. The molecule has 0 aliphatic heterocycles. The zero-order valence-electron chi connectivity index (χ0n) is 14.3. The van der Waals surface area contributed by atoms with Crippen molar-refractivity contribution in [3.05, 3.63) is 34.6 Å². The van der Waals surface area contributed by atoms with Crippen LogP contribution in [0.3, 0.4) is 0 Å². The first kappa shape index (κ1) is 16.2. The van der Waals surface area contributed by atoms with Crippen molar-refractivity contribution < 1.29 is 9.53 Å². The van der Waals surface area contributed by atoms with E-state index in [-0.39, 0.29) is 24.3 Å². The first-order valence-electron chi connectivity index (χ1n) is 7.84. The van der Waals surface area contributed by atoms with E-state index >= 15 is 0 Å². The number of carbonyl (C=O) groups excluding carboxylic acids is 1. The van der Waals surface area contributed by atoms with Crippen molar-refractivity contribution in [2.24, 2.45) is 0 Å². The molecule has 1 aromatic carbocycles. The van der Waals surface area contributed by atoms with Crippen LogP contribution < -0.4 is 15.4 Å². The molecule has 7 nitrogen and oxygen atoms in total. The maximum Gasteiger partial charge on any atom is 0.230 e. The van der Waals surface area contributed by atoms with Crippen molar-refractivity contribution >= 4 is 17.7 Å². The number of hydrogen-bond donors (Lipinski definition) is 1. The number of hydrogen-bond acceptors (Lipinski definition) is 7. The molecule has 126 valence electrons. The number of aromatic nitrogens is 3. The standard InChI is InChI=1S/C17H21N5O2/c1-9-5-6-12(15-11(23)7-10(2)14(9)15)24-8-13-19-16(18)21-17(20-13)22(3)4/h5-6,10H,7-8H2,1-4H3,(H2,18,19,20,21). The summed E-state index contributed by atoms with van der Waals surface area (Å²) in [5.74, 6) is 1.98. The van der Waals surface area contributed by atoms with Crippen LogP contribution in [0.4, 0.5) is 11.9 Å². The Bertz CT molecular complexity index is 804. The summed E-state index contributed by atoms with van der Waals surface area (Å²) in [6.45, 7) is 4.22. The summed E-state index contributed by atoms with van der Waals surface area (Å²) in [6, 6.07) is 3.82. The largest absolute Gasteiger partial charge is 0.485 e. The van der Waals surface area contributed by atoms with Gasteiger partial charge in [-0.2, -0.15) is 15.0 Å². The Morgan fingerprint density at radius 3 is 2.75 bits per heavy atom. The predicted octanol–water partition coefficient (Wildman–Crippen LogP) is 2.10. The molecule has 7 heteroatoms. The Labute approximate surface area is 140 Å². The van der Waals surface area contributed by atoms with Crippen molar-refractivity contribution in [3.63, 3.8) is 0 Å². The minimum absolute atomic E-state index is 0.125. The number of fused-ring (bicyclic) bond motifs is 1. The van der Waals surface area contributed by atoms with Gasteiger partial charge >= 0.3 is 0 Å². The van der Waals surface area contributed by atoms with Gasteiger partial charge in [-0.15, -0.1) is 0 Å². The molecule has 1 aliphatic rings. The SMILES string of the molecule is Cc1ccc(OCc2nc(N)nc(N(C)C)n2)c2c1C(C)CC2=O. The van der Waals surface area contributed by atoms with E-state index < -0.39 is 0 Å². The van der Waals surface area contributed by atoms with Gasteiger partial charge in [-0.1, -0.05) is 13.0 Å². The average Bonchev–Trinajstić information content (AvgIpc) is 2.82. The minimum atomic E-state index is 0.125. The summed E-state index contributed by atoms with van der Waals surface area (Å²) in [5.41, 5.74) is 8.62. The number of nitrogens with two attached hydrogens (primary N) is 1. The molecule has 24 heavy (non-hydrogen) atoms. The highest BCUT2D eigenvalue weighted by Crippen LogP contribution is 2.40. The second-order valence-electron chi connectivity index (χ2n) is 6.29. The lowest BCUT2D eigenvalue weighted by molar-refractivity contribution is 0.0986. The van der Waals surface area contributed by atoms with Crippen LogP contribution in [-0.4, -0.2) is 34.8 Å². The molecular formula is C17H21N5O2. The Balaban J connectivity index is 1.88. The fourth-order valence-electron chi connectivity index (χ4n) is 3.06. The highest BCUT2D eigenvalue weighted by molar-refractivity contribution is 6.04. The van der Waals surface area contributed by atoms with E-state index in [9.17, 15) is 4.79 Å². The first-order chi connectivity index (χ1) is 11.4. The van der Waals surface area contributed by atoms with Gasteiger partial charge in [0.15, 0.2) is 11.6 Å². The molecule has 0 saturated heterocycles. The molecule has 0 amide bonds. The van der Waals surface area contributed by atoms with Gasteiger partial charge in [0.05, 0.1) is 5.56 Å². The summed E-state index contributed by atoms with van der Waals surface area (Å²) in [4.78, 5) is 26.5. The topological polar surface area (TPSA) is 94.2 Å². The first-order valence-corrected chi connectivity index (χ1v) is 7.84. The number of Topliss-reactive ketones (excluding diaryl/α,β-unsaturated/α-hetero) is 1. The summed E-state index contributed by atoms with van der Waals surface area (Å²) < 4.78 is 5.85. The van der Waals surface area contributed by atoms with E-state index in [4.69, 9.17) is 10.5 Å². The van der Waals surface area contributed by atoms with E-state index in [2.05, 4.69) is 21.9 Å². The number of ketones is 1. The Kier molecular flexibility index (Phi) is 4.09. The molecule has 0 saturated carbocycles. The number of nitrogens with zero attached hydrogens (tertiary/aromatic N) is 4. The van der Waals surface area contributed by atoms with Crippen LogP contribution in [0.1, 0.15) is 46.6 Å². The molecule has 0 radical (unpaired) electrons. The van der Waals surface area contributed by atoms with Crippen molar-refractivity contribution in [2.75, 3.05) is 24.7 Å². The van der Waals surface area contributed by atoms with Crippen molar-refractivity contribution in [1.82, 2.24) is 15.0 Å². The fraction of sp³-hybridized carbons (Fsp3) is 0.412. The summed E-state index contributed by atoms with van der Waals surface area (Å²) >= 11 is 0. The molecule has 0 bridgehead atoms. The fourth-order valence-corrected chi connectivity index (χ4v) is 3.06. The normalized spacial score (nSPS) is 16.2. The molecule has 0 spiro atoms. The highest BCUT2D eigenvalue weighted by Gasteiger charge is 2.31. The summed E-state index contributed by atoms with van der Waals surface area (Å²) in [7, 11) is 3.65. The molecule has 1 unspecified atom stereocenters. The van der Waals surface area contributed by atoms with Crippen molar-refractivity contribution in [3.8, 4) is 5.75 Å². The predicted molar refractivity (Wildman–Crippen MR) is 91.4 cm³/mol. The van der Waals surface area contributed by atoms with Gasteiger partial charge in [0.1, 0.15) is 12.4 Å². The number of benzene rings is 1. The zero-order chi connectivity index (χ0) is 17.4. The molecule has 0 fully saturated rings. The van der Waals surface area contributed by atoms with Gasteiger partial charge in [-0.05, 0) is 30.0 Å². The molecular weight excluding hydrogens is 306 g/mol. The molecule has 1 heterocycles. The number of rotatable bonds is 4. The number of carbonyl (C=O) groups is 1. The van der Waals surface area contributed by atoms with Crippen molar-refractivity contribution in [2.45, 2.75) is 32.8 Å². The number of ether oxygens (including phenoxy) is 1. The van der Waals surface area contributed by atoms with E-state index in [0.717, 1.165) is 11.1 Å². The Hall–Kier alpha value is -2.70. The third kappa shape index (κ3) is 2.89. The maximum absolute atomic E-state index is 12.3. The smallest absolute Gasteiger partial charge is 0.230 e. The van der Waals surface area contributed by atoms with Crippen LogP contribution in [-0.2, 0) is 6.61 Å². The Morgan fingerprint density at radius 2 is 2.04 bits per heavy atom. The van der Waals surface area contributed by atoms with E-state index in [1.807, 2.05) is 33.2 Å². The maximum atomic E-state index is 12.3. The van der Waals surface area contributed by atoms with Gasteiger partial charge in [0.2, 0.25) is 11.9 Å². The van der Waals surface area contributed by atoms with E-state index in [1.54, 1.807) is 4.90 Å². The van der Waals surface area contributed by atoms with Crippen molar-refractivity contribution in [1.29, 1.82) is 0 Å². The molecule has 1 aromatic heterocycles. The molecule has 1 aliphatic carbocycles. The second-order valence-corrected chi connectivity index (χ2v) is 6.29. The van der Waals surface area contributed by atoms with Crippen LogP contribution in [0, 0.1) is 6.92 Å². The van der Waals surface area contributed by atoms with E-state index in [1.165, 1.54) is 0 Å².